The third-order valence-electron chi connectivity index (χ3n) is 13.0. The lowest BCUT2D eigenvalue weighted by molar-refractivity contribution is -0.993. The second-order valence-electron chi connectivity index (χ2n) is 14.1. The molecule has 0 aromatic rings. The Bertz CT molecular complexity index is 1080. The number of aliphatic hydroxyl groups excluding tert-OH is 2. The zero-order valence-electron chi connectivity index (χ0n) is 22.3. The first-order valence-corrected chi connectivity index (χ1v) is 14.2. The molecule has 6 saturated carbocycles. The molecule has 2 spiro atoms. The van der Waals surface area contributed by atoms with Gasteiger partial charge in [0.15, 0.2) is 6.23 Å². The van der Waals surface area contributed by atoms with Crippen LogP contribution >= 0.6 is 0 Å². The number of carbonyl (C=O) groups excluding carboxylic acids is 2. The normalized spacial score (nSPS) is 59.4. The van der Waals surface area contributed by atoms with E-state index < -0.39 is 18.4 Å². The lowest BCUT2D eigenvalue weighted by Gasteiger charge is -2.64. The second-order valence-corrected chi connectivity index (χ2v) is 14.1. The predicted molar refractivity (Wildman–Crippen MR) is 130 cm³/mol. The average Bonchev–Trinajstić information content (AvgIpc) is 3.14. The van der Waals surface area contributed by atoms with Gasteiger partial charge in [0.25, 0.3) is 0 Å². The van der Waals surface area contributed by atoms with Crippen molar-refractivity contribution in [3.63, 3.8) is 0 Å². The van der Waals surface area contributed by atoms with E-state index in [0.717, 1.165) is 24.8 Å². The summed E-state index contributed by atoms with van der Waals surface area (Å²) in [4.78, 5) is 25.6. The number of carbonyl (C=O) groups is 2. The van der Waals surface area contributed by atoms with Gasteiger partial charge in [-0.15, -0.1) is 0 Å². The van der Waals surface area contributed by atoms with Gasteiger partial charge < -0.3 is 19.7 Å². The first-order valence-electron chi connectivity index (χ1n) is 14.2. The SMILES string of the molecule is C=C1CC23CC4[C@H]5C67C[C@@H](OC(=O)CC)C[C@@]5(C)[C@@H](O)[N+]4(C)C6C2[C@H](OC(=O)[C@H](C)CC)C1[C@@H](O)[C@H]37. The van der Waals surface area contributed by atoms with Crippen molar-refractivity contribution in [1.82, 2.24) is 0 Å². The Morgan fingerprint density at radius 2 is 1.89 bits per heavy atom. The zero-order valence-corrected chi connectivity index (χ0v) is 22.3. The van der Waals surface area contributed by atoms with Gasteiger partial charge in [0.05, 0.1) is 36.4 Å². The number of hydrogen-bond donors (Lipinski definition) is 2. The number of hydrogen-bond acceptors (Lipinski definition) is 6. The standard InChI is InChI=1S/C29H42NO6/c1-7-13(3)25(33)36-21-18-14(4)9-28-12-16-22-27(5)10-15(35-17(31)8-2)11-29(22,23(28)20(18)32)24(19(21)28)30(16,6)26(27)34/h13,15-16,18-24,26,32,34H,4,7-12H2,1-3,5-6H3/q+1/t13-,15+,16?,18?,19?,20-,21-,22-,23-,24?,26-,27-,28?,29?,30?/m1/s1. The molecule has 0 aromatic heterocycles. The van der Waals surface area contributed by atoms with Crippen LogP contribution in [0.25, 0.3) is 0 Å². The maximum absolute atomic E-state index is 13.1. The molecule has 0 amide bonds. The van der Waals surface area contributed by atoms with Crippen LogP contribution in [0.5, 0.6) is 0 Å². The highest BCUT2D eigenvalue weighted by Crippen LogP contribution is 2.89. The molecule has 3 saturated heterocycles. The van der Waals surface area contributed by atoms with E-state index in [4.69, 9.17) is 9.47 Å². The van der Waals surface area contributed by atoms with E-state index in [0.29, 0.717) is 29.8 Å². The Hall–Kier alpha value is -1.44. The first-order chi connectivity index (χ1) is 16.9. The van der Waals surface area contributed by atoms with Crippen LogP contribution in [-0.2, 0) is 19.1 Å². The smallest absolute Gasteiger partial charge is 0.308 e. The van der Waals surface area contributed by atoms with Gasteiger partial charge in [-0.2, -0.15) is 0 Å². The summed E-state index contributed by atoms with van der Waals surface area (Å²) < 4.78 is 13.0. The minimum Gasteiger partial charge on any atom is -0.462 e. The van der Waals surface area contributed by atoms with Crippen molar-refractivity contribution >= 4 is 11.9 Å². The Labute approximate surface area is 213 Å². The van der Waals surface area contributed by atoms with Crippen molar-refractivity contribution in [3.05, 3.63) is 12.2 Å². The van der Waals surface area contributed by atoms with Gasteiger partial charge in [-0.25, -0.2) is 0 Å². The molecule has 198 valence electrons. The molecule has 9 rings (SSSR count). The summed E-state index contributed by atoms with van der Waals surface area (Å²) in [6.07, 6.45) is 2.42. The predicted octanol–water partition coefficient (Wildman–Crippen LogP) is 2.78. The fraction of sp³-hybridized carbons (Fsp3) is 0.862. The van der Waals surface area contributed by atoms with E-state index in [1.165, 1.54) is 0 Å². The zero-order chi connectivity index (χ0) is 25.7. The maximum atomic E-state index is 13.1. The van der Waals surface area contributed by atoms with Crippen LogP contribution in [0.2, 0.25) is 0 Å². The van der Waals surface area contributed by atoms with E-state index in [2.05, 4.69) is 20.6 Å². The van der Waals surface area contributed by atoms with Crippen LogP contribution in [-0.4, -0.2) is 70.3 Å². The van der Waals surface area contributed by atoms with Gasteiger partial charge >= 0.3 is 11.9 Å². The number of piperidine rings is 2. The lowest BCUT2D eigenvalue weighted by Crippen LogP contribution is -2.72. The van der Waals surface area contributed by atoms with Crippen LogP contribution in [0.1, 0.15) is 66.2 Å². The van der Waals surface area contributed by atoms with E-state index in [9.17, 15) is 19.8 Å². The third-order valence-corrected chi connectivity index (χ3v) is 13.0. The highest BCUT2D eigenvalue weighted by Gasteiger charge is 2.97. The molecule has 2 N–H and O–H groups in total. The molecule has 15 atom stereocenters. The minimum atomic E-state index is -0.627. The molecule has 7 heteroatoms. The summed E-state index contributed by atoms with van der Waals surface area (Å²) in [5, 5.41) is 24.2. The Morgan fingerprint density at radius 3 is 2.56 bits per heavy atom. The number of fused-ring (bicyclic) bond motifs is 1. The summed E-state index contributed by atoms with van der Waals surface area (Å²) in [5.74, 6) is -0.435. The van der Waals surface area contributed by atoms with Gasteiger partial charge in [-0.1, -0.05) is 39.8 Å². The van der Waals surface area contributed by atoms with Crippen molar-refractivity contribution in [2.24, 2.45) is 45.8 Å². The summed E-state index contributed by atoms with van der Waals surface area (Å²) >= 11 is 0. The highest BCUT2D eigenvalue weighted by atomic mass is 16.5. The Kier molecular flexibility index (Phi) is 4.44. The largest absolute Gasteiger partial charge is 0.462 e. The maximum Gasteiger partial charge on any atom is 0.308 e. The molecule has 3 aliphatic heterocycles. The molecular weight excluding hydrogens is 458 g/mol. The van der Waals surface area contributed by atoms with Gasteiger partial charge in [0.2, 0.25) is 0 Å². The summed E-state index contributed by atoms with van der Waals surface area (Å²) in [6, 6.07) is 0.394. The van der Waals surface area contributed by atoms with Crippen molar-refractivity contribution < 1.29 is 33.8 Å². The topological polar surface area (TPSA) is 93.1 Å². The van der Waals surface area contributed by atoms with Crippen molar-refractivity contribution in [3.8, 4) is 0 Å². The van der Waals surface area contributed by atoms with Crippen molar-refractivity contribution in [1.29, 1.82) is 0 Å². The van der Waals surface area contributed by atoms with Crippen LogP contribution in [0.15, 0.2) is 12.2 Å². The fourth-order valence-electron chi connectivity index (χ4n) is 12.4. The molecule has 9 bridgehead atoms. The molecule has 36 heavy (non-hydrogen) atoms. The van der Waals surface area contributed by atoms with Crippen LogP contribution in [0.4, 0.5) is 0 Å². The van der Waals surface area contributed by atoms with Gasteiger partial charge in [-0.3, -0.25) is 14.1 Å². The molecular formula is C29H42NO6+. The van der Waals surface area contributed by atoms with E-state index >= 15 is 0 Å². The third kappa shape index (κ3) is 2.16. The van der Waals surface area contributed by atoms with Crippen LogP contribution < -0.4 is 0 Å². The molecule has 0 radical (unpaired) electrons. The molecule has 6 aliphatic carbocycles. The number of esters is 2. The summed E-state index contributed by atoms with van der Waals surface area (Å²) in [6.45, 7) is 12.3. The van der Waals surface area contributed by atoms with E-state index in [1.54, 1.807) is 0 Å². The molecule has 7 nitrogen and oxygen atoms in total. The Balaban J connectivity index is 1.40. The number of ether oxygens (including phenoxy) is 2. The summed E-state index contributed by atoms with van der Waals surface area (Å²) in [5.41, 5.74) is 0.249. The van der Waals surface area contributed by atoms with E-state index in [1.807, 2.05) is 20.8 Å². The number of aliphatic hydroxyl groups is 2. The molecule has 7 unspecified atom stereocenters. The molecule has 0 aromatic carbocycles. The first kappa shape index (κ1) is 23.7. The van der Waals surface area contributed by atoms with E-state index in [-0.39, 0.29) is 69.9 Å². The fourth-order valence-corrected chi connectivity index (χ4v) is 12.4. The van der Waals surface area contributed by atoms with Gasteiger partial charge in [0, 0.05) is 36.0 Å². The molecule has 3 heterocycles. The minimum absolute atomic E-state index is 0.0604. The quantitative estimate of drug-likeness (QED) is 0.343. The second kappa shape index (κ2) is 6.76. The van der Waals surface area contributed by atoms with Crippen molar-refractivity contribution in [2.45, 2.75) is 103 Å². The van der Waals surface area contributed by atoms with Crippen molar-refractivity contribution in [2.75, 3.05) is 7.05 Å². The van der Waals surface area contributed by atoms with Crippen LogP contribution in [0.3, 0.4) is 0 Å². The lowest BCUT2D eigenvalue weighted by atomic mass is 9.39. The van der Waals surface area contributed by atoms with Crippen LogP contribution in [0, 0.1) is 45.8 Å². The Morgan fingerprint density at radius 1 is 1.17 bits per heavy atom. The molecule has 9 aliphatic rings. The highest BCUT2D eigenvalue weighted by molar-refractivity contribution is 5.72. The number of nitrogens with zero attached hydrogens (tertiary/aromatic N) is 1. The van der Waals surface area contributed by atoms with Gasteiger partial charge in [0.1, 0.15) is 18.2 Å². The molecule has 9 fully saturated rings. The summed E-state index contributed by atoms with van der Waals surface area (Å²) in [7, 11) is 2.23. The average molecular weight is 501 g/mol. The number of quaternary nitrogens is 1. The van der Waals surface area contributed by atoms with Gasteiger partial charge in [-0.05, 0) is 31.1 Å². The number of rotatable bonds is 5. The monoisotopic (exact) mass is 500 g/mol.